The Morgan fingerprint density at radius 2 is 1.63 bits per heavy atom. The number of anilines is 1. The molecule has 4 rings (SSSR count). The molecule has 0 aliphatic heterocycles. The molecule has 4 aromatic rings. The zero-order valence-electron chi connectivity index (χ0n) is 16.3. The van der Waals surface area contributed by atoms with E-state index in [-0.39, 0.29) is 18.0 Å². The van der Waals surface area contributed by atoms with E-state index in [0.717, 1.165) is 33.3 Å². The van der Waals surface area contributed by atoms with Crippen LogP contribution in [0, 0.1) is 17.0 Å². The van der Waals surface area contributed by atoms with Crippen LogP contribution in [0.2, 0.25) is 0 Å². The second-order valence-corrected chi connectivity index (χ2v) is 6.96. The van der Waals surface area contributed by atoms with Crippen molar-refractivity contribution in [3.05, 3.63) is 100 Å². The first kappa shape index (κ1) is 19.3. The Hall–Kier alpha value is -4.06. The van der Waals surface area contributed by atoms with E-state index >= 15 is 0 Å². The van der Waals surface area contributed by atoms with Gasteiger partial charge in [0.15, 0.2) is 0 Å². The van der Waals surface area contributed by atoms with Crippen molar-refractivity contribution in [1.29, 1.82) is 0 Å². The smallest absolute Gasteiger partial charge is 0.269 e. The molecule has 1 amide bonds. The van der Waals surface area contributed by atoms with E-state index in [0.29, 0.717) is 5.69 Å². The number of carbonyl (C=O) groups is 1. The quantitative estimate of drug-likeness (QED) is 0.366. The maximum absolute atomic E-state index is 12.8. The summed E-state index contributed by atoms with van der Waals surface area (Å²) in [7, 11) is 0. The van der Waals surface area contributed by atoms with E-state index in [4.69, 9.17) is 4.98 Å². The Morgan fingerprint density at radius 3 is 2.33 bits per heavy atom. The van der Waals surface area contributed by atoms with Crippen LogP contribution in [-0.2, 0) is 11.2 Å². The summed E-state index contributed by atoms with van der Waals surface area (Å²) in [6, 6.07) is 23.6. The van der Waals surface area contributed by atoms with Crippen LogP contribution in [0.1, 0.15) is 11.3 Å². The molecular formula is C24H19N3O3. The number of aryl methyl sites for hydroxylation is 1. The minimum Gasteiger partial charge on any atom is -0.326 e. The highest BCUT2D eigenvalue weighted by molar-refractivity contribution is 6.00. The first-order valence-corrected chi connectivity index (χ1v) is 9.51. The Morgan fingerprint density at radius 1 is 0.967 bits per heavy atom. The third kappa shape index (κ3) is 3.89. The molecule has 6 heteroatoms. The van der Waals surface area contributed by atoms with Gasteiger partial charge in [0, 0.05) is 28.9 Å². The predicted octanol–water partition coefficient (Wildman–Crippen LogP) is 5.30. The number of fused-ring (bicyclic) bond motifs is 1. The topological polar surface area (TPSA) is 85.1 Å². The zero-order chi connectivity index (χ0) is 21.1. The number of pyridine rings is 1. The zero-order valence-corrected chi connectivity index (χ0v) is 16.3. The van der Waals surface area contributed by atoms with Crippen LogP contribution < -0.4 is 5.32 Å². The number of aromatic nitrogens is 1. The van der Waals surface area contributed by atoms with Crippen LogP contribution in [0.5, 0.6) is 0 Å². The first-order valence-electron chi connectivity index (χ1n) is 9.51. The molecule has 0 aliphatic rings. The SMILES string of the molecule is Cc1nc2ccccc2c(-c2ccccc2)c1CC(=O)Nc1ccc([N+](=O)[O-])cc1. The normalized spacial score (nSPS) is 10.7. The van der Waals surface area contributed by atoms with E-state index in [9.17, 15) is 14.9 Å². The van der Waals surface area contributed by atoms with E-state index in [1.807, 2.05) is 61.5 Å². The number of hydrogen-bond acceptors (Lipinski definition) is 4. The summed E-state index contributed by atoms with van der Waals surface area (Å²) in [5, 5.41) is 14.6. The molecule has 0 saturated carbocycles. The molecule has 0 fully saturated rings. The molecular weight excluding hydrogens is 378 g/mol. The lowest BCUT2D eigenvalue weighted by molar-refractivity contribution is -0.384. The van der Waals surface area contributed by atoms with Gasteiger partial charge in [0.05, 0.1) is 16.9 Å². The fourth-order valence-electron chi connectivity index (χ4n) is 3.56. The number of carbonyl (C=O) groups excluding carboxylic acids is 1. The van der Waals surface area contributed by atoms with Gasteiger partial charge in [0.25, 0.3) is 5.69 Å². The number of nitro benzene ring substituents is 1. The van der Waals surface area contributed by atoms with E-state index in [1.54, 1.807) is 0 Å². The largest absolute Gasteiger partial charge is 0.326 e. The van der Waals surface area contributed by atoms with Crippen molar-refractivity contribution in [2.45, 2.75) is 13.3 Å². The maximum atomic E-state index is 12.8. The second kappa shape index (κ2) is 8.13. The average Bonchev–Trinajstić information content (AvgIpc) is 2.75. The lowest BCUT2D eigenvalue weighted by Crippen LogP contribution is -2.16. The molecule has 0 unspecified atom stereocenters. The number of benzene rings is 3. The van der Waals surface area contributed by atoms with Gasteiger partial charge < -0.3 is 5.32 Å². The summed E-state index contributed by atoms with van der Waals surface area (Å²) >= 11 is 0. The molecule has 1 N–H and O–H groups in total. The maximum Gasteiger partial charge on any atom is 0.269 e. The van der Waals surface area contributed by atoms with Gasteiger partial charge >= 0.3 is 0 Å². The number of rotatable bonds is 5. The fourth-order valence-corrected chi connectivity index (χ4v) is 3.56. The lowest BCUT2D eigenvalue weighted by atomic mass is 9.92. The third-order valence-corrected chi connectivity index (χ3v) is 4.96. The van der Waals surface area contributed by atoms with Crippen LogP contribution in [-0.4, -0.2) is 15.8 Å². The Labute approximate surface area is 173 Å². The number of amides is 1. The number of non-ortho nitro benzene ring substituents is 1. The summed E-state index contributed by atoms with van der Waals surface area (Å²) < 4.78 is 0. The minimum absolute atomic E-state index is 0.0195. The molecule has 0 radical (unpaired) electrons. The van der Waals surface area contributed by atoms with Crippen LogP contribution in [0.15, 0.2) is 78.9 Å². The molecule has 3 aromatic carbocycles. The summed E-state index contributed by atoms with van der Waals surface area (Å²) in [6.45, 7) is 1.91. The highest BCUT2D eigenvalue weighted by Crippen LogP contribution is 2.33. The van der Waals surface area contributed by atoms with Crippen molar-refractivity contribution in [2.24, 2.45) is 0 Å². The van der Waals surface area contributed by atoms with E-state index in [1.165, 1.54) is 24.3 Å². The average molecular weight is 397 g/mol. The lowest BCUT2D eigenvalue weighted by Gasteiger charge is -2.16. The monoisotopic (exact) mass is 397 g/mol. The summed E-state index contributed by atoms with van der Waals surface area (Å²) in [5.41, 5.74) is 5.06. The van der Waals surface area contributed by atoms with Gasteiger partial charge in [-0.15, -0.1) is 0 Å². The molecule has 1 heterocycles. The molecule has 6 nitrogen and oxygen atoms in total. The molecule has 0 atom stereocenters. The van der Waals surface area contributed by atoms with Gasteiger partial charge in [-0.25, -0.2) is 0 Å². The minimum atomic E-state index is -0.470. The van der Waals surface area contributed by atoms with Crippen molar-refractivity contribution in [3.8, 4) is 11.1 Å². The van der Waals surface area contributed by atoms with Gasteiger partial charge in [0.1, 0.15) is 0 Å². The molecule has 1 aromatic heterocycles. The molecule has 148 valence electrons. The number of para-hydroxylation sites is 1. The third-order valence-electron chi connectivity index (χ3n) is 4.96. The van der Waals surface area contributed by atoms with E-state index < -0.39 is 4.92 Å². The summed E-state index contributed by atoms with van der Waals surface area (Å²) in [4.78, 5) is 27.8. The van der Waals surface area contributed by atoms with Crippen molar-refractivity contribution >= 4 is 28.2 Å². The van der Waals surface area contributed by atoms with Crippen LogP contribution >= 0.6 is 0 Å². The second-order valence-electron chi connectivity index (χ2n) is 6.96. The fraction of sp³-hybridized carbons (Fsp3) is 0.0833. The molecule has 0 aliphatic carbocycles. The molecule has 0 saturated heterocycles. The van der Waals surface area contributed by atoms with Crippen molar-refractivity contribution < 1.29 is 9.72 Å². The first-order chi connectivity index (χ1) is 14.5. The number of nitrogens with one attached hydrogen (secondary N) is 1. The van der Waals surface area contributed by atoms with Crippen LogP contribution in [0.4, 0.5) is 11.4 Å². The van der Waals surface area contributed by atoms with Crippen molar-refractivity contribution in [1.82, 2.24) is 4.98 Å². The highest BCUT2D eigenvalue weighted by atomic mass is 16.6. The van der Waals surface area contributed by atoms with Gasteiger partial charge in [-0.05, 0) is 41.8 Å². The van der Waals surface area contributed by atoms with Crippen LogP contribution in [0.25, 0.3) is 22.0 Å². The van der Waals surface area contributed by atoms with Gasteiger partial charge in [-0.1, -0.05) is 48.5 Å². The number of nitro groups is 1. The van der Waals surface area contributed by atoms with Crippen molar-refractivity contribution in [2.75, 3.05) is 5.32 Å². The Kier molecular flexibility index (Phi) is 5.22. The van der Waals surface area contributed by atoms with E-state index in [2.05, 4.69) is 5.32 Å². The number of nitrogens with zero attached hydrogens (tertiary/aromatic N) is 2. The molecule has 0 bridgehead atoms. The van der Waals surface area contributed by atoms with Gasteiger partial charge in [-0.3, -0.25) is 19.9 Å². The summed E-state index contributed by atoms with van der Waals surface area (Å²) in [6.07, 6.45) is 0.144. The molecule has 30 heavy (non-hydrogen) atoms. The Bertz CT molecular complexity index is 1240. The van der Waals surface area contributed by atoms with Gasteiger partial charge in [-0.2, -0.15) is 0 Å². The Balaban J connectivity index is 1.70. The highest BCUT2D eigenvalue weighted by Gasteiger charge is 2.17. The predicted molar refractivity (Wildman–Crippen MR) is 117 cm³/mol. The van der Waals surface area contributed by atoms with Crippen LogP contribution in [0.3, 0.4) is 0 Å². The molecule has 0 spiro atoms. The van der Waals surface area contributed by atoms with Crippen molar-refractivity contribution in [3.63, 3.8) is 0 Å². The summed E-state index contributed by atoms with van der Waals surface area (Å²) in [5.74, 6) is -0.207. The number of hydrogen-bond donors (Lipinski definition) is 1. The standard InChI is InChI=1S/C24H19N3O3/c1-16-21(15-23(28)26-18-11-13-19(14-12-18)27(29)30)24(17-7-3-2-4-8-17)20-9-5-6-10-22(20)25-16/h2-14H,15H2,1H3,(H,26,28). The van der Waals surface area contributed by atoms with Gasteiger partial charge in [0.2, 0.25) is 5.91 Å².